The molecule has 1 aromatic rings. The van der Waals surface area contributed by atoms with Gasteiger partial charge in [0.15, 0.2) is 36.8 Å². The van der Waals surface area contributed by atoms with E-state index in [4.69, 9.17) is 42.6 Å². The lowest BCUT2D eigenvalue weighted by molar-refractivity contribution is -0.318. The van der Waals surface area contributed by atoms with Crippen LogP contribution in [-0.4, -0.2) is 104 Å². The predicted octanol–water partition coefficient (Wildman–Crippen LogP) is 1.40. The van der Waals surface area contributed by atoms with Crippen LogP contribution in [0.5, 0.6) is 0 Å². The second kappa shape index (κ2) is 17.9. The minimum absolute atomic E-state index is 0.0840. The molecule has 1 saturated heterocycles. The average molecular weight is 704 g/mol. The van der Waals surface area contributed by atoms with Gasteiger partial charge in [0.25, 0.3) is 0 Å². The first kappa shape index (κ1) is 39.1. The normalized spacial score (nSPS) is 28.2. The number of esters is 7. The van der Waals surface area contributed by atoms with Crippen molar-refractivity contribution in [3.05, 3.63) is 47.5 Å². The van der Waals surface area contributed by atoms with Crippen molar-refractivity contribution in [2.75, 3.05) is 6.61 Å². The van der Waals surface area contributed by atoms with Crippen LogP contribution in [0.3, 0.4) is 0 Å². The summed E-state index contributed by atoms with van der Waals surface area (Å²) in [5, 5.41) is 9.81. The largest absolute Gasteiger partial charge is 0.463 e. The van der Waals surface area contributed by atoms with Crippen LogP contribution >= 0.6 is 0 Å². The molecule has 1 heterocycles. The van der Waals surface area contributed by atoms with E-state index < -0.39 is 104 Å². The van der Waals surface area contributed by atoms with Crippen molar-refractivity contribution in [2.24, 2.45) is 0 Å². The molecule has 2 fully saturated rings. The summed E-state index contributed by atoms with van der Waals surface area (Å²) < 4.78 is 50.4. The van der Waals surface area contributed by atoms with E-state index in [1.54, 1.807) is 18.2 Å². The topological polar surface area (TPSA) is 226 Å². The van der Waals surface area contributed by atoms with Crippen molar-refractivity contribution in [1.29, 1.82) is 5.26 Å². The monoisotopic (exact) mass is 703 g/mol. The first-order valence-corrected chi connectivity index (χ1v) is 15.3. The molecule has 0 amide bonds. The Morgan fingerprint density at radius 3 is 1.80 bits per heavy atom. The van der Waals surface area contributed by atoms with Crippen molar-refractivity contribution in [2.45, 2.75) is 103 Å². The van der Waals surface area contributed by atoms with E-state index >= 15 is 0 Å². The van der Waals surface area contributed by atoms with Gasteiger partial charge in [-0.3, -0.25) is 28.8 Å². The average Bonchev–Trinajstić information content (AvgIpc) is 3.01. The predicted molar refractivity (Wildman–Crippen MR) is 162 cm³/mol. The number of hydrogen-bond acceptors (Lipinski definition) is 17. The molecule has 0 bridgehead atoms. The molecule has 9 atom stereocenters. The third-order valence-electron chi connectivity index (χ3n) is 7.15. The Morgan fingerprint density at radius 1 is 0.720 bits per heavy atom. The number of nitrogens with zero attached hydrogens (tertiary/aromatic N) is 1. The highest BCUT2D eigenvalue weighted by molar-refractivity contribution is 5.89. The summed E-state index contributed by atoms with van der Waals surface area (Å²) in [4.78, 5) is 86.2. The fraction of sp³-hybridized carbons (Fsp3) is 0.515. The van der Waals surface area contributed by atoms with Crippen molar-refractivity contribution in [3.8, 4) is 6.07 Å². The molecule has 0 spiro atoms. The van der Waals surface area contributed by atoms with Crippen molar-refractivity contribution in [1.82, 2.24) is 0 Å². The lowest BCUT2D eigenvalue weighted by atomic mass is 9.84. The number of allylic oxidation sites excluding steroid dienone is 1. The van der Waals surface area contributed by atoms with E-state index in [0.717, 1.165) is 47.6 Å². The summed E-state index contributed by atoms with van der Waals surface area (Å²) >= 11 is 0. The van der Waals surface area contributed by atoms with E-state index in [1.165, 1.54) is 12.1 Å². The summed E-state index contributed by atoms with van der Waals surface area (Å²) in [5.41, 5.74) is 0.0105. The van der Waals surface area contributed by atoms with Gasteiger partial charge in [-0.15, -0.1) is 0 Å². The van der Waals surface area contributed by atoms with Gasteiger partial charge in [-0.2, -0.15) is 5.26 Å². The van der Waals surface area contributed by atoms with Gasteiger partial charge in [0.05, 0.1) is 17.7 Å². The van der Waals surface area contributed by atoms with Crippen LogP contribution in [0.1, 0.15) is 58.3 Å². The smallest absolute Gasteiger partial charge is 0.338 e. The minimum Gasteiger partial charge on any atom is -0.463 e. The Labute approximate surface area is 286 Å². The van der Waals surface area contributed by atoms with E-state index in [9.17, 15) is 38.8 Å². The zero-order valence-corrected chi connectivity index (χ0v) is 28.1. The maximum atomic E-state index is 13.3. The molecule has 2 aliphatic rings. The van der Waals surface area contributed by atoms with Gasteiger partial charge in [0.2, 0.25) is 0 Å². The van der Waals surface area contributed by atoms with Gasteiger partial charge in [0.1, 0.15) is 18.8 Å². The Morgan fingerprint density at radius 2 is 1.26 bits per heavy atom. The number of hydrogen-bond donors (Lipinski definition) is 0. The molecule has 1 saturated carbocycles. The lowest BCUT2D eigenvalue weighted by Gasteiger charge is -2.46. The molecule has 0 aromatic heterocycles. The van der Waals surface area contributed by atoms with Gasteiger partial charge in [-0.25, -0.2) is 4.79 Å². The molecule has 17 heteroatoms. The maximum Gasteiger partial charge on any atom is 0.338 e. The highest BCUT2D eigenvalue weighted by atomic mass is 16.7. The van der Waals surface area contributed by atoms with Crippen molar-refractivity contribution < 1.29 is 76.2 Å². The lowest BCUT2D eigenvalue weighted by Crippen LogP contribution is -2.64. The summed E-state index contributed by atoms with van der Waals surface area (Å²) in [7, 11) is 0. The van der Waals surface area contributed by atoms with Crippen LogP contribution in [-0.2, 0) is 71.4 Å². The van der Waals surface area contributed by atoms with Gasteiger partial charge in [0, 0.05) is 59.6 Å². The molecular formula is C33H37NO16. The molecule has 50 heavy (non-hydrogen) atoms. The van der Waals surface area contributed by atoms with Crippen LogP contribution in [0.2, 0.25) is 0 Å². The van der Waals surface area contributed by atoms with Crippen LogP contribution in [0, 0.1) is 11.3 Å². The van der Waals surface area contributed by atoms with Crippen molar-refractivity contribution >= 4 is 41.8 Å². The van der Waals surface area contributed by atoms with Crippen LogP contribution in [0.15, 0.2) is 42.0 Å². The summed E-state index contributed by atoms with van der Waals surface area (Å²) in [5.74, 6) is -5.91. The van der Waals surface area contributed by atoms with E-state index in [0.29, 0.717) is 0 Å². The summed E-state index contributed by atoms with van der Waals surface area (Å²) in [6, 6.07) is 9.55. The summed E-state index contributed by atoms with van der Waals surface area (Å²) in [6.07, 6.45) is -12.9. The number of carbonyl (C=O) groups excluding carboxylic acids is 7. The van der Waals surface area contributed by atoms with E-state index in [1.807, 2.05) is 6.07 Å². The number of ether oxygens (including phenoxy) is 9. The number of carbonyl (C=O) groups is 7. The van der Waals surface area contributed by atoms with Gasteiger partial charge < -0.3 is 42.6 Å². The molecule has 1 aliphatic carbocycles. The molecule has 1 aromatic carbocycles. The molecule has 3 rings (SSSR count). The molecule has 0 N–H and O–H groups in total. The Hall–Kier alpha value is -5.34. The van der Waals surface area contributed by atoms with Crippen molar-refractivity contribution in [3.63, 3.8) is 0 Å². The standard InChI is InChI=1S/C33H37NO16/c1-16(35)42-15-26-29(45-19(4)38)30(46-20(5)39)31(47-21(6)40)33(49-26)48-24-14-25(43-17(2)36)28(44-18(3)37)27(23(24)12-13-34)50-32(41)22-10-8-7-9-11-22/h7-12,24-31,33H,14-15H2,1-6H3/t24-,25+,26-,27+,28+,29-,30+,31-,33-/m1/s1. The zero-order chi connectivity index (χ0) is 37.1. The quantitative estimate of drug-likeness (QED) is 0.180. The fourth-order valence-electron chi connectivity index (χ4n) is 5.44. The SMILES string of the molecule is CC(=O)OC[C@H]1O[C@@H](O[C@@H]2C[C@H](OC(C)=O)[C@H](OC(C)=O)[C@@H](OC(=O)c3ccccc3)C2=CC#N)[C@H](OC(C)=O)[C@@H](OC(C)=O)[C@@H]1OC(C)=O. The number of rotatable bonds is 11. The molecular weight excluding hydrogens is 666 g/mol. The Balaban J connectivity index is 2.15. The highest BCUT2D eigenvalue weighted by Crippen LogP contribution is 2.38. The minimum atomic E-state index is -1.73. The highest BCUT2D eigenvalue weighted by Gasteiger charge is 2.55. The Kier molecular flexibility index (Phi) is 14.0. The van der Waals surface area contributed by atoms with E-state index in [2.05, 4.69) is 0 Å². The Bertz CT molecular complexity index is 1520. The maximum absolute atomic E-state index is 13.3. The van der Waals surface area contributed by atoms with Crippen LogP contribution in [0.25, 0.3) is 0 Å². The zero-order valence-electron chi connectivity index (χ0n) is 28.1. The molecule has 17 nitrogen and oxygen atoms in total. The summed E-state index contributed by atoms with van der Waals surface area (Å²) in [6.45, 7) is 5.86. The number of benzene rings is 1. The number of nitriles is 1. The second-order valence-corrected chi connectivity index (χ2v) is 11.1. The second-order valence-electron chi connectivity index (χ2n) is 11.1. The third kappa shape index (κ3) is 10.8. The van der Waals surface area contributed by atoms with Crippen LogP contribution in [0.4, 0.5) is 0 Å². The molecule has 0 unspecified atom stereocenters. The van der Waals surface area contributed by atoms with Gasteiger partial charge in [-0.1, -0.05) is 18.2 Å². The third-order valence-corrected chi connectivity index (χ3v) is 7.15. The van der Waals surface area contributed by atoms with Crippen LogP contribution < -0.4 is 0 Å². The fourth-order valence-corrected chi connectivity index (χ4v) is 5.44. The van der Waals surface area contributed by atoms with E-state index in [-0.39, 0.29) is 17.6 Å². The molecule has 270 valence electrons. The first-order valence-electron chi connectivity index (χ1n) is 15.3. The molecule has 1 aliphatic heterocycles. The first-order chi connectivity index (χ1) is 23.6. The van der Waals surface area contributed by atoms with Gasteiger partial charge in [-0.05, 0) is 12.1 Å². The molecule has 0 radical (unpaired) electrons. The van der Waals surface area contributed by atoms with Gasteiger partial charge >= 0.3 is 41.8 Å².